The number of aliphatic hydroxyl groups is 1. The van der Waals surface area contributed by atoms with Crippen LogP contribution in [0.15, 0.2) is 11.8 Å². The van der Waals surface area contributed by atoms with Crippen molar-refractivity contribution >= 4 is 0 Å². The van der Waals surface area contributed by atoms with Crippen molar-refractivity contribution in [2.24, 2.45) is 5.73 Å². The minimum absolute atomic E-state index is 0.278. The van der Waals surface area contributed by atoms with Crippen molar-refractivity contribution < 1.29 is 9.84 Å². The van der Waals surface area contributed by atoms with E-state index in [0.717, 1.165) is 50.7 Å². The molecule has 0 aromatic carbocycles. The molecule has 80 valence electrons. The summed E-state index contributed by atoms with van der Waals surface area (Å²) in [7, 11) is 0. The van der Waals surface area contributed by atoms with Crippen LogP contribution in [0.25, 0.3) is 0 Å². The smallest absolute Gasteiger partial charge is 0.0890 e. The zero-order valence-electron chi connectivity index (χ0n) is 8.54. The number of hydrogen-bond acceptors (Lipinski definition) is 3. The number of nitrogens with two attached hydrogens (primary N) is 1. The molecule has 0 unspecified atom stereocenters. The Morgan fingerprint density at radius 1 is 1.43 bits per heavy atom. The molecule has 0 saturated heterocycles. The van der Waals surface area contributed by atoms with E-state index in [9.17, 15) is 5.11 Å². The van der Waals surface area contributed by atoms with Gasteiger partial charge in [-0.15, -0.1) is 0 Å². The summed E-state index contributed by atoms with van der Waals surface area (Å²) in [6, 6.07) is 0.278. The first-order valence-corrected chi connectivity index (χ1v) is 5.50. The van der Waals surface area contributed by atoms with E-state index in [0.29, 0.717) is 0 Å². The summed E-state index contributed by atoms with van der Waals surface area (Å²) in [6.45, 7) is 0.791. The van der Waals surface area contributed by atoms with Crippen LogP contribution in [0.5, 0.6) is 0 Å². The highest BCUT2D eigenvalue weighted by Gasteiger charge is 2.36. The van der Waals surface area contributed by atoms with Gasteiger partial charge in [0.05, 0.1) is 18.5 Å². The largest absolute Gasteiger partial charge is 0.501 e. The molecule has 0 amide bonds. The fourth-order valence-corrected chi connectivity index (χ4v) is 2.35. The fourth-order valence-electron chi connectivity index (χ4n) is 2.35. The third-order valence-electron chi connectivity index (χ3n) is 3.39. The van der Waals surface area contributed by atoms with Crippen LogP contribution in [0.4, 0.5) is 0 Å². The normalized spacial score (nSPS) is 38.7. The Balaban J connectivity index is 2.04. The van der Waals surface area contributed by atoms with Gasteiger partial charge in [-0.1, -0.05) is 0 Å². The predicted molar refractivity (Wildman–Crippen MR) is 54.7 cm³/mol. The van der Waals surface area contributed by atoms with E-state index >= 15 is 0 Å². The molecule has 1 aliphatic heterocycles. The molecule has 3 nitrogen and oxygen atoms in total. The predicted octanol–water partition coefficient (Wildman–Crippen LogP) is 1.31. The molecule has 2 aliphatic rings. The minimum atomic E-state index is -0.615. The Morgan fingerprint density at radius 3 is 2.71 bits per heavy atom. The second kappa shape index (κ2) is 3.91. The Bertz CT molecular complexity index is 229. The van der Waals surface area contributed by atoms with Gasteiger partial charge < -0.3 is 15.6 Å². The highest BCUT2D eigenvalue weighted by atomic mass is 16.5. The van der Waals surface area contributed by atoms with Gasteiger partial charge in [0.25, 0.3) is 0 Å². The maximum absolute atomic E-state index is 10.4. The van der Waals surface area contributed by atoms with Crippen LogP contribution in [0.2, 0.25) is 0 Å². The average Bonchev–Trinajstić information content (AvgIpc) is 2.24. The standard InChI is InChI=1S/C11H19NO2/c12-10-3-5-11(13,6-4-10)9-2-1-7-14-8-9/h8,10,13H,1-7,12H2. The van der Waals surface area contributed by atoms with E-state index in [2.05, 4.69) is 0 Å². The van der Waals surface area contributed by atoms with Crippen molar-refractivity contribution in [3.63, 3.8) is 0 Å². The SMILES string of the molecule is NC1CCC(O)(C2=COCCC2)CC1. The quantitative estimate of drug-likeness (QED) is 0.666. The van der Waals surface area contributed by atoms with Gasteiger partial charge in [-0.25, -0.2) is 0 Å². The maximum atomic E-state index is 10.4. The molecule has 0 aromatic heterocycles. The van der Waals surface area contributed by atoms with Crippen LogP contribution in [-0.4, -0.2) is 23.4 Å². The summed E-state index contributed by atoms with van der Waals surface area (Å²) in [5.41, 5.74) is 6.29. The lowest BCUT2D eigenvalue weighted by atomic mass is 9.76. The first kappa shape index (κ1) is 9.99. The zero-order chi connectivity index (χ0) is 10.0. The van der Waals surface area contributed by atoms with Gasteiger partial charge >= 0.3 is 0 Å². The van der Waals surface area contributed by atoms with Gasteiger partial charge in [0, 0.05) is 6.04 Å². The Hall–Kier alpha value is -0.540. The molecule has 1 saturated carbocycles. The summed E-state index contributed by atoms with van der Waals surface area (Å²) in [5.74, 6) is 0. The lowest BCUT2D eigenvalue weighted by molar-refractivity contribution is 0.0229. The third kappa shape index (κ3) is 1.93. The van der Waals surface area contributed by atoms with Gasteiger partial charge in [0.15, 0.2) is 0 Å². The molecule has 0 radical (unpaired) electrons. The summed E-state index contributed by atoms with van der Waals surface area (Å²) in [4.78, 5) is 0. The summed E-state index contributed by atoms with van der Waals surface area (Å²) < 4.78 is 5.27. The van der Waals surface area contributed by atoms with E-state index in [1.165, 1.54) is 0 Å². The molecule has 1 fully saturated rings. The molecule has 2 rings (SSSR count). The van der Waals surface area contributed by atoms with Gasteiger partial charge in [0.1, 0.15) is 0 Å². The number of rotatable bonds is 1. The highest BCUT2D eigenvalue weighted by molar-refractivity contribution is 5.17. The molecule has 0 spiro atoms. The van der Waals surface area contributed by atoms with Crippen molar-refractivity contribution in [1.82, 2.24) is 0 Å². The summed E-state index contributed by atoms with van der Waals surface area (Å²) >= 11 is 0. The molecule has 0 aromatic rings. The van der Waals surface area contributed by atoms with Gasteiger partial charge in [-0.2, -0.15) is 0 Å². The van der Waals surface area contributed by atoms with E-state index in [1.807, 2.05) is 0 Å². The third-order valence-corrected chi connectivity index (χ3v) is 3.39. The van der Waals surface area contributed by atoms with Crippen molar-refractivity contribution in [1.29, 1.82) is 0 Å². The number of hydrogen-bond donors (Lipinski definition) is 2. The van der Waals surface area contributed by atoms with Gasteiger partial charge in [0.2, 0.25) is 0 Å². The van der Waals surface area contributed by atoms with E-state index in [-0.39, 0.29) is 6.04 Å². The molecule has 0 atom stereocenters. The van der Waals surface area contributed by atoms with Crippen LogP contribution < -0.4 is 5.73 Å². The van der Waals surface area contributed by atoms with Crippen molar-refractivity contribution in [2.75, 3.05) is 6.61 Å². The second-order valence-electron chi connectivity index (χ2n) is 4.49. The minimum Gasteiger partial charge on any atom is -0.501 e. The Labute approximate surface area is 84.9 Å². The lowest BCUT2D eigenvalue weighted by Crippen LogP contribution is -2.40. The van der Waals surface area contributed by atoms with E-state index < -0.39 is 5.60 Å². The van der Waals surface area contributed by atoms with Crippen LogP contribution in [0.3, 0.4) is 0 Å². The van der Waals surface area contributed by atoms with E-state index in [4.69, 9.17) is 10.5 Å². The zero-order valence-corrected chi connectivity index (χ0v) is 8.54. The Kier molecular flexibility index (Phi) is 2.79. The average molecular weight is 197 g/mol. The molecule has 3 heteroatoms. The maximum Gasteiger partial charge on any atom is 0.0890 e. The molecule has 1 aliphatic carbocycles. The van der Waals surface area contributed by atoms with Crippen LogP contribution >= 0.6 is 0 Å². The Morgan fingerprint density at radius 2 is 2.14 bits per heavy atom. The molecular weight excluding hydrogens is 178 g/mol. The van der Waals surface area contributed by atoms with Crippen LogP contribution in [0.1, 0.15) is 38.5 Å². The topological polar surface area (TPSA) is 55.5 Å². The van der Waals surface area contributed by atoms with Crippen LogP contribution in [0, 0.1) is 0 Å². The molecule has 1 heterocycles. The fraction of sp³-hybridized carbons (Fsp3) is 0.818. The molecular formula is C11H19NO2. The molecule has 3 N–H and O–H groups in total. The highest BCUT2D eigenvalue weighted by Crippen LogP contribution is 2.36. The van der Waals surface area contributed by atoms with Crippen molar-refractivity contribution in [2.45, 2.75) is 50.2 Å². The summed E-state index contributed by atoms with van der Waals surface area (Å²) in [6.07, 6.45) is 7.21. The van der Waals surface area contributed by atoms with E-state index in [1.54, 1.807) is 6.26 Å². The lowest BCUT2D eigenvalue weighted by Gasteiger charge is -2.37. The first-order valence-electron chi connectivity index (χ1n) is 5.50. The van der Waals surface area contributed by atoms with Crippen molar-refractivity contribution in [3.05, 3.63) is 11.8 Å². The van der Waals surface area contributed by atoms with Gasteiger partial charge in [-0.3, -0.25) is 0 Å². The first-order chi connectivity index (χ1) is 6.71. The van der Waals surface area contributed by atoms with Gasteiger partial charge in [-0.05, 0) is 44.1 Å². The van der Waals surface area contributed by atoms with Crippen LogP contribution in [-0.2, 0) is 4.74 Å². The second-order valence-corrected chi connectivity index (χ2v) is 4.49. The number of ether oxygens (including phenoxy) is 1. The monoisotopic (exact) mass is 197 g/mol. The molecule has 14 heavy (non-hydrogen) atoms. The molecule has 0 bridgehead atoms. The van der Waals surface area contributed by atoms with Crippen molar-refractivity contribution in [3.8, 4) is 0 Å². The summed E-state index contributed by atoms with van der Waals surface area (Å²) in [5, 5.41) is 10.4.